The number of aryl methyl sites for hydroxylation is 1. The molecule has 0 atom stereocenters. The number of nitrogens with zero attached hydrogens (tertiary/aromatic N) is 2. The zero-order valence-electron chi connectivity index (χ0n) is 13.4. The SMILES string of the molecule is Cc1csc(NC(=O)CCCN2C(=O)C(=Cc3ccco3)SC2=S)n1. The number of nitrogens with one attached hydrogen (secondary N) is 1. The van der Waals surface area contributed by atoms with Crippen LogP contribution in [-0.4, -0.2) is 32.6 Å². The molecular weight excluding hydrogens is 378 g/mol. The third-order valence-corrected chi connectivity index (χ3v) is 5.59. The smallest absolute Gasteiger partial charge is 0.266 e. The number of thioether (sulfide) groups is 1. The quantitative estimate of drug-likeness (QED) is 0.596. The van der Waals surface area contributed by atoms with Crippen molar-refractivity contribution in [2.24, 2.45) is 0 Å². The van der Waals surface area contributed by atoms with Crippen molar-refractivity contribution in [2.75, 3.05) is 11.9 Å². The second-order valence-electron chi connectivity index (χ2n) is 5.29. The van der Waals surface area contributed by atoms with Crippen LogP contribution in [-0.2, 0) is 9.59 Å². The molecule has 0 radical (unpaired) electrons. The van der Waals surface area contributed by atoms with E-state index in [0.29, 0.717) is 39.5 Å². The van der Waals surface area contributed by atoms with E-state index >= 15 is 0 Å². The maximum absolute atomic E-state index is 12.4. The van der Waals surface area contributed by atoms with Gasteiger partial charge in [0.25, 0.3) is 5.91 Å². The van der Waals surface area contributed by atoms with Crippen LogP contribution in [0.4, 0.5) is 5.13 Å². The number of hydrogen-bond donors (Lipinski definition) is 1. The van der Waals surface area contributed by atoms with Crippen molar-refractivity contribution in [3.63, 3.8) is 0 Å². The molecule has 2 aromatic heterocycles. The Morgan fingerprint density at radius 1 is 1.52 bits per heavy atom. The lowest BCUT2D eigenvalue weighted by atomic mass is 10.2. The molecule has 0 aromatic carbocycles. The fourth-order valence-corrected chi connectivity index (χ4v) is 4.18. The number of anilines is 1. The molecule has 9 heteroatoms. The lowest BCUT2D eigenvalue weighted by Crippen LogP contribution is -2.29. The molecule has 6 nitrogen and oxygen atoms in total. The van der Waals surface area contributed by atoms with Gasteiger partial charge in [0.15, 0.2) is 5.13 Å². The summed E-state index contributed by atoms with van der Waals surface area (Å²) in [6.07, 6.45) is 4.05. The van der Waals surface area contributed by atoms with Crippen molar-refractivity contribution in [3.05, 3.63) is 40.1 Å². The van der Waals surface area contributed by atoms with Crippen molar-refractivity contribution in [3.8, 4) is 0 Å². The number of rotatable bonds is 6. The van der Waals surface area contributed by atoms with Crippen molar-refractivity contribution in [1.82, 2.24) is 9.88 Å². The standard InChI is InChI=1S/C16H15N3O3S3/c1-10-9-24-15(17-10)18-13(20)5-2-6-19-14(21)12(25-16(19)23)8-11-4-3-7-22-11/h3-4,7-9H,2,5-6H2,1H3,(H,17,18,20). The van der Waals surface area contributed by atoms with E-state index < -0.39 is 0 Å². The summed E-state index contributed by atoms with van der Waals surface area (Å²) < 4.78 is 5.72. The third-order valence-electron chi connectivity index (χ3n) is 3.34. The van der Waals surface area contributed by atoms with Gasteiger partial charge in [-0.1, -0.05) is 24.0 Å². The lowest BCUT2D eigenvalue weighted by Gasteiger charge is -2.13. The summed E-state index contributed by atoms with van der Waals surface area (Å²) in [6, 6.07) is 3.53. The van der Waals surface area contributed by atoms with Crippen LogP contribution in [0.25, 0.3) is 6.08 Å². The molecule has 0 bridgehead atoms. The van der Waals surface area contributed by atoms with Gasteiger partial charge in [0.1, 0.15) is 10.1 Å². The highest BCUT2D eigenvalue weighted by molar-refractivity contribution is 8.26. The number of thiocarbonyl (C=S) groups is 1. The van der Waals surface area contributed by atoms with Crippen molar-refractivity contribution >= 4 is 62.7 Å². The molecule has 2 amide bonds. The summed E-state index contributed by atoms with van der Waals surface area (Å²) in [6.45, 7) is 2.28. The molecule has 1 N–H and O–H groups in total. The topological polar surface area (TPSA) is 75.4 Å². The van der Waals surface area contributed by atoms with E-state index in [2.05, 4.69) is 10.3 Å². The average molecular weight is 394 g/mol. The number of carbonyl (C=O) groups excluding carboxylic acids is 2. The van der Waals surface area contributed by atoms with Crippen LogP contribution in [0.3, 0.4) is 0 Å². The van der Waals surface area contributed by atoms with Crippen LogP contribution in [0.2, 0.25) is 0 Å². The zero-order chi connectivity index (χ0) is 17.8. The molecule has 25 heavy (non-hydrogen) atoms. The van der Waals surface area contributed by atoms with Crippen LogP contribution in [0, 0.1) is 6.92 Å². The monoisotopic (exact) mass is 393 g/mol. The Morgan fingerprint density at radius 2 is 2.36 bits per heavy atom. The second kappa shape index (κ2) is 7.94. The summed E-state index contributed by atoms with van der Waals surface area (Å²) in [4.78, 5) is 30.6. The van der Waals surface area contributed by atoms with E-state index in [1.807, 2.05) is 12.3 Å². The maximum Gasteiger partial charge on any atom is 0.266 e. The van der Waals surface area contributed by atoms with Gasteiger partial charge in [-0.2, -0.15) is 0 Å². The largest absolute Gasteiger partial charge is 0.465 e. The van der Waals surface area contributed by atoms with Crippen molar-refractivity contribution < 1.29 is 14.0 Å². The summed E-state index contributed by atoms with van der Waals surface area (Å²) in [5.74, 6) is 0.340. The first kappa shape index (κ1) is 17.8. The maximum atomic E-state index is 12.4. The molecule has 1 aliphatic rings. The highest BCUT2D eigenvalue weighted by Crippen LogP contribution is 2.32. The second-order valence-corrected chi connectivity index (χ2v) is 7.83. The summed E-state index contributed by atoms with van der Waals surface area (Å²) in [7, 11) is 0. The van der Waals surface area contributed by atoms with Gasteiger partial charge in [-0.3, -0.25) is 14.5 Å². The molecule has 1 fully saturated rings. The van der Waals surface area contributed by atoms with Crippen molar-refractivity contribution in [1.29, 1.82) is 0 Å². The van der Waals surface area contributed by atoms with Gasteiger partial charge in [-0.25, -0.2) is 4.98 Å². The summed E-state index contributed by atoms with van der Waals surface area (Å²) in [5.41, 5.74) is 0.876. The molecule has 0 aliphatic carbocycles. The number of carbonyl (C=O) groups is 2. The van der Waals surface area contributed by atoms with E-state index in [-0.39, 0.29) is 11.8 Å². The van der Waals surface area contributed by atoms with Gasteiger partial charge in [-0.15, -0.1) is 11.3 Å². The van der Waals surface area contributed by atoms with Crippen LogP contribution >= 0.6 is 35.3 Å². The predicted octanol–water partition coefficient (Wildman–Crippen LogP) is 3.66. The molecule has 0 saturated carbocycles. The van der Waals surface area contributed by atoms with E-state index in [4.69, 9.17) is 16.6 Å². The Kier molecular flexibility index (Phi) is 5.67. The summed E-state index contributed by atoms with van der Waals surface area (Å²) in [5, 5.41) is 5.22. The fourth-order valence-electron chi connectivity index (χ4n) is 2.19. The number of furan rings is 1. The van der Waals surface area contributed by atoms with Crippen LogP contribution in [0.15, 0.2) is 33.1 Å². The number of aromatic nitrogens is 1. The minimum atomic E-state index is -0.151. The van der Waals surface area contributed by atoms with Gasteiger partial charge in [0.05, 0.1) is 16.9 Å². The lowest BCUT2D eigenvalue weighted by molar-refractivity contribution is -0.122. The van der Waals surface area contributed by atoms with Crippen molar-refractivity contribution in [2.45, 2.75) is 19.8 Å². The molecule has 3 heterocycles. The van der Waals surface area contributed by atoms with Gasteiger partial charge in [-0.05, 0) is 25.5 Å². The predicted molar refractivity (Wildman–Crippen MR) is 103 cm³/mol. The van der Waals surface area contributed by atoms with Crippen LogP contribution in [0.5, 0.6) is 0 Å². The average Bonchev–Trinajstić information content (AvgIpc) is 3.26. The van der Waals surface area contributed by atoms with Gasteiger partial charge in [0, 0.05) is 24.4 Å². The molecule has 1 aliphatic heterocycles. The van der Waals surface area contributed by atoms with E-state index in [1.54, 1.807) is 24.5 Å². The van der Waals surface area contributed by atoms with E-state index in [9.17, 15) is 9.59 Å². The van der Waals surface area contributed by atoms with E-state index in [0.717, 1.165) is 5.69 Å². The number of hydrogen-bond acceptors (Lipinski definition) is 7. The Hall–Kier alpha value is -1.97. The highest BCUT2D eigenvalue weighted by Gasteiger charge is 2.31. The first-order valence-corrected chi connectivity index (χ1v) is 9.64. The van der Waals surface area contributed by atoms with Crippen LogP contribution in [0.1, 0.15) is 24.3 Å². The fraction of sp³-hybridized carbons (Fsp3) is 0.250. The molecular formula is C16H15N3O3S3. The van der Waals surface area contributed by atoms with Gasteiger partial charge in [0.2, 0.25) is 5.91 Å². The molecule has 1 saturated heterocycles. The minimum absolute atomic E-state index is 0.120. The summed E-state index contributed by atoms with van der Waals surface area (Å²) >= 11 is 7.90. The van der Waals surface area contributed by atoms with E-state index in [1.165, 1.54) is 28.0 Å². The first-order chi connectivity index (χ1) is 12.0. The number of thiazole rings is 1. The molecule has 0 spiro atoms. The number of amides is 2. The Labute approximate surface area is 158 Å². The minimum Gasteiger partial charge on any atom is -0.465 e. The van der Waals surface area contributed by atoms with Gasteiger partial charge < -0.3 is 9.73 Å². The Bertz CT molecular complexity index is 827. The Balaban J connectivity index is 1.50. The van der Waals surface area contributed by atoms with Crippen LogP contribution < -0.4 is 5.32 Å². The highest BCUT2D eigenvalue weighted by atomic mass is 32.2. The molecule has 2 aromatic rings. The van der Waals surface area contributed by atoms with Gasteiger partial charge >= 0.3 is 0 Å². The normalized spacial score (nSPS) is 16.0. The Morgan fingerprint density at radius 3 is 3.04 bits per heavy atom. The first-order valence-electron chi connectivity index (χ1n) is 7.54. The third kappa shape index (κ3) is 4.56. The zero-order valence-corrected chi connectivity index (χ0v) is 15.8. The molecule has 130 valence electrons. The molecule has 3 rings (SSSR count). The molecule has 0 unspecified atom stereocenters.